The number of aromatic nitrogens is 1. The summed E-state index contributed by atoms with van der Waals surface area (Å²) >= 11 is 0. The predicted molar refractivity (Wildman–Crippen MR) is 91.6 cm³/mol. The molecule has 2 amide bonds. The molecule has 2 bridgehead atoms. The normalized spacial score (nSPS) is 25.8. The Bertz CT molecular complexity index is 752. The lowest BCUT2D eigenvalue weighted by Crippen LogP contribution is -2.84. The second kappa shape index (κ2) is 6.52. The summed E-state index contributed by atoms with van der Waals surface area (Å²) in [7, 11) is 0. The number of nitrogens with one attached hydrogen (secondary N) is 2. The Hall–Kier alpha value is -2.52. The van der Waals surface area contributed by atoms with Crippen molar-refractivity contribution in [2.45, 2.75) is 62.9 Å². The Morgan fingerprint density at radius 1 is 1.11 bits per heavy atom. The lowest BCUT2D eigenvalue weighted by Gasteiger charge is -2.70. The molecule has 0 radical (unpaired) electrons. The summed E-state index contributed by atoms with van der Waals surface area (Å²) in [5.74, 6) is -0.311. The molecule has 3 saturated carbocycles. The average Bonchev–Trinajstić information content (AvgIpc) is 2.47. The van der Waals surface area contributed by atoms with E-state index in [-0.39, 0.29) is 29.3 Å². The first-order chi connectivity index (χ1) is 12.8. The molecule has 1 aromatic rings. The van der Waals surface area contributed by atoms with Gasteiger partial charge in [-0.15, -0.1) is 0 Å². The van der Waals surface area contributed by atoms with Crippen LogP contribution in [0.25, 0.3) is 0 Å². The Morgan fingerprint density at radius 3 is 2.21 bits per heavy atom. The molecule has 1 aromatic heterocycles. The fraction of sp³-hybridized carbons (Fsp3) is 0.611. The Morgan fingerprint density at radius 2 is 1.71 bits per heavy atom. The molecule has 0 unspecified atom stereocenters. The lowest BCUT2D eigenvalue weighted by molar-refractivity contribution is -0.143. The summed E-state index contributed by atoms with van der Waals surface area (Å²) in [5.41, 5.74) is -2.31. The number of hydrogen-bond acceptors (Lipinski definition) is 5. The van der Waals surface area contributed by atoms with Crippen molar-refractivity contribution >= 4 is 12.0 Å². The third-order valence-corrected chi connectivity index (χ3v) is 4.60. The van der Waals surface area contributed by atoms with Gasteiger partial charge in [-0.2, -0.15) is 13.2 Å². The molecule has 1 heterocycles. The zero-order chi connectivity index (χ0) is 20.8. The van der Waals surface area contributed by atoms with Crippen molar-refractivity contribution in [1.82, 2.24) is 15.6 Å². The minimum atomic E-state index is -4.52. The number of carbonyl (C=O) groups is 2. The highest BCUT2D eigenvalue weighted by Gasteiger charge is 2.69. The van der Waals surface area contributed by atoms with Crippen molar-refractivity contribution < 1.29 is 32.2 Å². The SMILES string of the molecule is CC(C)(C)OC(=O)NC12CC(NC(=O)COc3ccc(C(F)(F)F)nc3)(C1)C2. The van der Waals surface area contributed by atoms with E-state index in [0.29, 0.717) is 19.3 Å². The van der Waals surface area contributed by atoms with E-state index < -0.39 is 23.6 Å². The largest absolute Gasteiger partial charge is 0.482 e. The van der Waals surface area contributed by atoms with Gasteiger partial charge in [-0.1, -0.05) is 0 Å². The fourth-order valence-electron chi connectivity index (χ4n) is 3.69. The topological polar surface area (TPSA) is 89.6 Å². The van der Waals surface area contributed by atoms with Crippen molar-refractivity contribution in [2.24, 2.45) is 0 Å². The number of rotatable bonds is 5. The molecule has 0 saturated heterocycles. The van der Waals surface area contributed by atoms with Crippen LogP contribution in [0.3, 0.4) is 0 Å². The van der Waals surface area contributed by atoms with Crippen molar-refractivity contribution in [2.75, 3.05) is 6.61 Å². The smallest absolute Gasteiger partial charge is 0.433 e. The molecule has 3 fully saturated rings. The second-order valence-corrected chi connectivity index (χ2v) is 8.43. The number of alkyl halides is 3. The van der Waals surface area contributed by atoms with E-state index in [2.05, 4.69) is 15.6 Å². The molecule has 4 rings (SSSR count). The van der Waals surface area contributed by atoms with Crippen LogP contribution in [-0.2, 0) is 15.7 Å². The van der Waals surface area contributed by atoms with Gasteiger partial charge in [-0.3, -0.25) is 4.79 Å². The number of halogens is 3. The van der Waals surface area contributed by atoms with E-state index in [1.165, 1.54) is 0 Å². The van der Waals surface area contributed by atoms with E-state index in [4.69, 9.17) is 9.47 Å². The summed E-state index contributed by atoms with van der Waals surface area (Å²) in [4.78, 5) is 27.2. The molecule has 0 aliphatic heterocycles. The van der Waals surface area contributed by atoms with E-state index in [9.17, 15) is 22.8 Å². The molecule has 3 aliphatic carbocycles. The van der Waals surface area contributed by atoms with Gasteiger partial charge in [0.05, 0.1) is 11.7 Å². The second-order valence-electron chi connectivity index (χ2n) is 8.43. The molecule has 28 heavy (non-hydrogen) atoms. The fourth-order valence-corrected chi connectivity index (χ4v) is 3.69. The molecular formula is C18H22F3N3O4. The maximum absolute atomic E-state index is 12.5. The molecule has 10 heteroatoms. The summed E-state index contributed by atoms with van der Waals surface area (Å²) in [6.07, 6.45) is -2.27. The molecule has 0 atom stereocenters. The predicted octanol–water partition coefficient (Wildman–Crippen LogP) is 2.80. The van der Waals surface area contributed by atoms with Gasteiger partial charge in [0.1, 0.15) is 17.0 Å². The molecular weight excluding hydrogens is 379 g/mol. The Labute approximate surface area is 160 Å². The number of amides is 2. The van der Waals surface area contributed by atoms with Crippen LogP contribution < -0.4 is 15.4 Å². The zero-order valence-electron chi connectivity index (χ0n) is 15.8. The first kappa shape index (κ1) is 20.2. The van der Waals surface area contributed by atoms with Crippen LogP contribution in [0.15, 0.2) is 18.3 Å². The maximum Gasteiger partial charge on any atom is 0.433 e. The standard InChI is InChI=1S/C18H22F3N3O4/c1-15(2,3)28-14(26)24-17-8-16(9-17,10-17)23-13(25)7-27-11-4-5-12(22-6-11)18(19,20)21/h4-6H,7-10H2,1-3H3,(H,23,25)(H,24,26). The zero-order valence-corrected chi connectivity index (χ0v) is 15.8. The third kappa shape index (κ3) is 4.48. The first-order valence-electron chi connectivity index (χ1n) is 8.78. The van der Waals surface area contributed by atoms with Gasteiger partial charge >= 0.3 is 12.3 Å². The van der Waals surface area contributed by atoms with Gasteiger partial charge in [0.2, 0.25) is 0 Å². The van der Waals surface area contributed by atoms with Crippen LogP contribution in [0.2, 0.25) is 0 Å². The van der Waals surface area contributed by atoms with Crippen LogP contribution in [0.1, 0.15) is 45.7 Å². The van der Waals surface area contributed by atoms with Gasteiger partial charge < -0.3 is 20.1 Å². The number of nitrogens with zero attached hydrogens (tertiary/aromatic N) is 1. The number of hydrogen-bond donors (Lipinski definition) is 2. The van der Waals surface area contributed by atoms with E-state index in [1.807, 2.05) is 0 Å². The number of alkyl carbamates (subject to hydrolysis) is 1. The quantitative estimate of drug-likeness (QED) is 0.792. The van der Waals surface area contributed by atoms with Crippen LogP contribution in [0.5, 0.6) is 5.75 Å². The van der Waals surface area contributed by atoms with Gasteiger partial charge in [-0.25, -0.2) is 9.78 Å². The molecule has 7 nitrogen and oxygen atoms in total. The van der Waals surface area contributed by atoms with Crippen molar-refractivity contribution in [3.8, 4) is 5.75 Å². The molecule has 154 valence electrons. The maximum atomic E-state index is 12.5. The number of carbonyl (C=O) groups excluding carboxylic acids is 2. The highest BCUT2D eigenvalue weighted by molar-refractivity contribution is 5.79. The van der Waals surface area contributed by atoms with Crippen LogP contribution in [0.4, 0.5) is 18.0 Å². The van der Waals surface area contributed by atoms with Crippen LogP contribution in [0, 0.1) is 0 Å². The average molecular weight is 401 g/mol. The third-order valence-electron chi connectivity index (χ3n) is 4.60. The summed E-state index contributed by atoms with van der Waals surface area (Å²) in [6, 6.07) is 1.91. The number of ether oxygens (including phenoxy) is 2. The summed E-state index contributed by atoms with van der Waals surface area (Å²) in [5, 5.41) is 5.70. The van der Waals surface area contributed by atoms with Gasteiger partial charge in [0, 0.05) is 5.54 Å². The minimum absolute atomic E-state index is 0.0730. The molecule has 3 aliphatic rings. The minimum Gasteiger partial charge on any atom is -0.482 e. The highest BCUT2D eigenvalue weighted by Crippen LogP contribution is 2.60. The van der Waals surface area contributed by atoms with Crippen LogP contribution >= 0.6 is 0 Å². The number of pyridine rings is 1. The Kier molecular flexibility index (Phi) is 4.71. The van der Waals surface area contributed by atoms with Gasteiger partial charge in [-0.05, 0) is 52.2 Å². The molecule has 0 aromatic carbocycles. The molecule has 0 spiro atoms. The van der Waals surface area contributed by atoms with E-state index >= 15 is 0 Å². The van der Waals surface area contributed by atoms with Crippen LogP contribution in [-0.4, -0.2) is 40.3 Å². The molecule has 2 N–H and O–H groups in total. The van der Waals surface area contributed by atoms with Crippen molar-refractivity contribution in [3.05, 3.63) is 24.0 Å². The summed E-state index contributed by atoms with van der Waals surface area (Å²) < 4.78 is 47.8. The van der Waals surface area contributed by atoms with E-state index in [1.54, 1.807) is 20.8 Å². The van der Waals surface area contributed by atoms with Crippen molar-refractivity contribution in [1.29, 1.82) is 0 Å². The summed E-state index contributed by atoms with van der Waals surface area (Å²) in [6.45, 7) is 5.01. The van der Waals surface area contributed by atoms with Crippen molar-refractivity contribution in [3.63, 3.8) is 0 Å². The van der Waals surface area contributed by atoms with E-state index in [0.717, 1.165) is 18.3 Å². The van der Waals surface area contributed by atoms with Gasteiger partial charge in [0.25, 0.3) is 5.91 Å². The monoisotopic (exact) mass is 401 g/mol. The Balaban J connectivity index is 1.40. The first-order valence-corrected chi connectivity index (χ1v) is 8.78. The lowest BCUT2D eigenvalue weighted by atomic mass is 9.44. The van der Waals surface area contributed by atoms with Gasteiger partial charge in [0.15, 0.2) is 6.61 Å². The highest BCUT2D eigenvalue weighted by atomic mass is 19.4.